The van der Waals surface area contributed by atoms with Crippen LogP contribution in [0.4, 0.5) is 0 Å². The Labute approximate surface area is 134 Å². The largest absolute Gasteiger partial charge is 0.389 e. The van der Waals surface area contributed by atoms with Gasteiger partial charge in [-0.3, -0.25) is 4.79 Å². The van der Waals surface area contributed by atoms with Crippen LogP contribution in [0.3, 0.4) is 0 Å². The highest BCUT2D eigenvalue weighted by molar-refractivity contribution is 5.73. The van der Waals surface area contributed by atoms with Crippen LogP contribution in [0.5, 0.6) is 0 Å². The van der Waals surface area contributed by atoms with Crippen LogP contribution < -0.4 is 0 Å². The molecule has 1 heterocycles. The SMILES string of the molecule is CO[C@H]1/C=C/CCCCCN(C(C)=O)C/C(C)=C\C(C)[C@@H]1O. The van der Waals surface area contributed by atoms with Gasteiger partial charge in [-0.25, -0.2) is 0 Å². The molecular weight excluding hydrogens is 278 g/mol. The fourth-order valence-electron chi connectivity index (χ4n) is 2.85. The minimum Gasteiger partial charge on any atom is -0.389 e. The molecular formula is C18H31NO3. The van der Waals surface area contributed by atoms with E-state index in [4.69, 9.17) is 4.74 Å². The van der Waals surface area contributed by atoms with Crippen molar-refractivity contribution in [3.8, 4) is 0 Å². The number of aliphatic hydroxyl groups excluding tert-OH is 1. The first-order valence-electron chi connectivity index (χ1n) is 8.26. The number of amides is 1. The number of ether oxygens (including phenoxy) is 1. The maximum Gasteiger partial charge on any atom is 0.219 e. The Morgan fingerprint density at radius 3 is 2.73 bits per heavy atom. The van der Waals surface area contributed by atoms with Gasteiger partial charge in [-0.1, -0.05) is 37.1 Å². The highest BCUT2D eigenvalue weighted by Crippen LogP contribution is 2.17. The first-order chi connectivity index (χ1) is 10.5. The van der Waals surface area contributed by atoms with Gasteiger partial charge in [0.05, 0.1) is 6.10 Å². The molecule has 0 saturated carbocycles. The monoisotopic (exact) mass is 309 g/mol. The molecule has 1 N–H and O–H groups in total. The van der Waals surface area contributed by atoms with E-state index in [1.165, 1.54) is 0 Å². The molecule has 1 aliphatic rings. The van der Waals surface area contributed by atoms with Crippen LogP contribution in [0.2, 0.25) is 0 Å². The van der Waals surface area contributed by atoms with Crippen molar-refractivity contribution in [1.29, 1.82) is 0 Å². The van der Waals surface area contributed by atoms with Gasteiger partial charge in [0.15, 0.2) is 0 Å². The van der Waals surface area contributed by atoms with E-state index in [0.717, 1.165) is 37.8 Å². The second kappa shape index (κ2) is 9.80. The zero-order chi connectivity index (χ0) is 16.5. The minimum absolute atomic E-state index is 0.0219. The molecule has 0 radical (unpaired) electrons. The number of allylic oxidation sites excluding steroid dienone is 1. The average Bonchev–Trinajstić information content (AvgIpc) is 2.47. The van der Waals surface area contributed by atoms with Crippen molar-refractivity contribution in [3.63, 3.8) is 0 Å². The molecule has 1 unspecified atom stereocenters. The lowest BCUT2D eigenvalue weighted by atomic mass is 9.96. The number of aliphatic hydroxyl groups is 1. The van der Waals surface area contributed by atoms with E-state index in [1.54, 1.807) is 14.0 Å². The van der Waals surface area contributed by atoms with Crippen LogP contribution in [0.15, 0.2) is 23.8 Å². The third kappa shape index (κ3) is 6.32. The summed E-state index contributed by atoms with van der Waals surface area (Å²) in [6.45, 7) is 7.07. The molecule has 0 fully saturated rings. The van der Waals surface area contributed by atoms with Gasteiger partial charge in [-0.2, -0.15) is 0 Å². The average molecular weight is 309 g/mol. The van der Waals surface area contributed by atoms with E-state index in [-0.39, 0.29) is 17.9 Å². The topological polar surface area (TPSA) is 49.8 Å². The van der Waals surface area contributed by atoms with E-state index in [0.29, 0.717) is 6.54 Å². The van der Waals surface area contributed by atoms with Crippen molar-refractivity contribution in [3.05, 3.63) is 23.8 Å². The first-order valence-corrected chi connectivity index (χ1v) is 8.26. The molecule has 0 aromatic rings. The molecule has 22 heavy (non-hydrogen) atoms. The lowest BCUT2D eigenvalue weighted by Gasteiger charge is -2.25. The Kier molecular flexibility index (Phi) is 8.43. The third-order valence-electron chi connectivity index (χ3n) is 4.21. The summed E-state index contributed by atoms with van der Waals surface area (Å²) in [6.07, 6.45) is 9.46. The number of rotatable bonds is 1. The second-order valence-corrected chi connectivity index (χ2v) is 6.28. The molecule has 0 aliphatic carbocycles. The fraction of sp³-hybridized carbons (Fsp3) is 0.722. The molecule has 1 rings (SSSR count). The van der Waals surface area contributed by atoms with Crippen LogP contribution in [0.1, 0.15) is 46.5 Å². The van der Waals surface area contributed by atoms with Crippen LogP contribution in [0, 0.1) is 5.92 Å². The highest BCUT2D eigenvalue weighted by Gasteiger charge is 2.21. The van der Waals surface area contributed by atoms with Crippen molar-refractivity contribution in [2.24, 2.45) is 5.92 Å². The van der Waals surface area contributed by atoms with Crippen LogP contribution in [0.25, 0.3) is 0 Å². The lowest BCUT2D eigenvalue weighted by Crippen LogP contribution is -2.33. The Hall–Kier alpha value is -1.13. The van der Waals surface area contributed by atoms with Crippen molar-refractivity contribution >= 4 is 5.91 Å². The minimum atomic E-state index is -0.579. The maximum atomic E-state index is 11.7. The molecule has 126 valence electrons. The Balaban J connectivity index is 2.88. The first kappa shape index (κ1) is 18.9. The second-order valence-electron chi connectivity index (χ2n) is 6.28. The molecule has 1 amide bonds. The van der Waals surface area contributed by atoms with E-state index in [1.807, 2.05) is 30.9 Å². The molecule has 0 aromatic carbocycles. The van der Waals surface area contributed by atoms with E-state index < -0.39 is 6.10 Å². The van der Waals surface area contributed by atoms with Gasteiger partial charge in [0, 0.05) is 33.0 Å². The highest BCUT2D eigenvalue weighted by atomic mass is 16.5. The quantitative estimate of drug-likeness (QED) is 0.758. The van der Waals surface area contributed by atoms with E-state index in [9.17, 15) is 9.90 Å². The fourth-order valence-corrected chi connectivity index (χ4v) is 2.85. The van der Waals surface area contributed by atoms with Gasteiger partial charge in [0.2, 0.25) is 5.91 Å². The summed E-state index contributed by atoms with van der Waals surface area (Å²) >= 11 is 0. The molecule has 1 aliphatic heterocycles. The normalized spacial score (nSPS) is 32.7. The summed E-state index contributed by atoms with van der Waals surface area (Å²) in [5.74, 6) is 0.0917. The summed E-state index contributed by atoms with van der Waals surface area (Å²) in [7, 11) is 1.63. The van der Waals surface area contributed by atoms with Crippen molar-refractivity contribution in [2.45, 2.75) is 58.7 Å². The molecule has 4 nitrogen and oxygen atoms in total. The van der Waals surface area contributed by atoms with Crippen molar-refractivity contribution in [1.82, 2.24) is 4.90 Å². The molecule has 0 bridgehead atoms. The summed E-state index contributed by atoms with van der Waals surface area (Å²) in [5.41, 5.74) is 1.11. The van der Waals surface area contributed by atoms with Gasteiger partial charge in [0.1, 0.15) is 6.10 Å². The van der Waals surface area contributed by atoms with Crippen LogP contribution >= 0.6 is 0 Å². The number of carbonyl (C=O) groups excluding carboxylic acids is 1. The number of hydrogen-bond acceptors (Lipinski definition) is 3. The number of nitrogens with zero attached hydrogens (tertiary/aromatic N) is 1. The maximum absolute atomic E-state index is 11.7. The smallest absolute Gasteiger partial charge is 0.219 e. The Morgan fingerprint density at radius 1 is 1.36 bits per heavy atom. The van der Waals surface area contributed by atoms with Gasteiger partial charge >= 0.3 is 0 Å². The molecule has 0 saturated heterocycles. The third-order valence-corrected chi connectivity index (χ3v) is 4.21. The van der Waals surface area contributed by atoms with Crippen LogP contribution in [-0.4, -0.2) is 48.3 Å². The number of methoxy groups -OCH3 is 1. The predicted octanol–water partition coefficient (Wildman–Crippen LogP) is 2.92. The van der Waals surface area contributed by atoms with Gasteiger partial charge < -0.3 is 14.7 Å². The molecule has 0 spiro atoms. The summed E-state index contributed by atoms with van der Waals surface area (Å²) < 4.78 is 5.40. The number of hydrogen-bond donors (Lipinski definition) is 1. The zero-order valence-corrected chi connectivity index (χ0v) is 14.4. The van der Waals surface area contributed by atoms with Gasteiger partial charge in [-0.15, -0.1) is 0 Å². The van der Waals surface area contributed by atoms with Crippen molar-refractivity contribution < 1.29 is 14.6 Å². The van der Waals surface area contributed by atoms with Crippen LogP contribution in [-0.2, 0) is 9.53 Å². The van der Waals surface area contributed by atoms with Crippen molar-refractivity contribution in [2.75, 3.05) is 20.2 Å². The zero-order valence-electron chi connectivity index (χ0n) is 14.4. The molecule has 0 aromatic heterocycles. The Morgan fingerprint density at radius 2 is 2.09 bits per heavy atom. The summed E-state index contributed by atoms with van der Waals surface area (Å²) in [5, 5.41) is 10.4. The summed E-state index contributed by atoms with van der Waals surface area (Å²) in [6, 6.07) is 0. The van der Waals surface area contributed by atoms with E-state index in [2.05, 4.69) is 6.08 Å². The summed E-state index contributed by atoms with van der Waals surface area (Å²) in [4.78, 5) is 13.6. The molecule has 4 heteroatoms. The number of carbonyl (C=O) groups is 1. The Bertz CT molecular complexity index is 403. The predicted molar refractivity (Wildman–Crippen MR) is 89.6 cm³/mol. The van der Waals surface area contributed by atoms with Gasteiger partial charge in [-0.05, 0) is 26.2 Å². The standard InChI is InChI=1S/C18H31NO3/c1-14-12-15(2)18(21)17(22-4)10-8-6-5-7-9-11-19(13-14)16(3)20/h8,10,12,15,17-18,21H,5-7,9,11,13H2,1-4H3/b10-8+,14-12-/t15?,17-,18-/m0/s1. The van der Waals surface area contributed by atoms with Gasteiger partial charge in [0.25, 0.3) is 0 Å². The van der Waals surface area contributed by atoms with E-state index >= 15 is 0 Å². The molecule has 3 atom stereocenters. The lowest BCUT2D eigenvalue weighted by molar-refractivity contribution is -0.128.